The van der Waals surface area contributed by atoms with Crippen molar-refractivity contribution in [1.82, 2.24) is 5.32 Å². The molecule has 1 unspecified atom stereocenters. The topological polar surface area (TPSA) is 12.0 Å². The highest BCUT2D eigenvalue weighted by atomic mass is 19.1. The standard InChI is InChI=1S/C16H22FN/c1-12-9-14(11-15(17)10-12)16(18-2)13-7-5-3-4-6-8-13/h7,9-11,16,18H,3-6,8H2,1-2H3. The van der Waals surface area contributed by atoms with Crippen LogP contribution in [0.3, 0.4) is 0 Å². The zero-order chi connectivity index (χ0) is 13.0. The van der Waals surface area contributed by atoms with Gasteiger partial charge in [-0.15, -0.1) is 0 Å². The van der Waals surface area contributed by atoms with Crippen molar-refractivity contribution in [2.75, 3.05) is 7.05 Å². The van der Waals surface area contributed by atoms with Crippen molar-refractivity contribution in [3.05, 3.63) is 46.8 Å². The van der Waals surface area contributed by atoms with E-state index in [1.54, 1.807) is 12.1 Å². The molecule has 2 rings (SSSR count). The third-order valence-electron chi connectivity index (χ3n) is 3.63. The fourth-order valence-corrected chi connectivity index (χ4v) is 2.80. The molecule has 1 aliphatic carbocycles. The van der Waals surface area contributed by atoms with Gasteiger partial charge < -0.3 is 5.32 Å². The highest BCUT2D eigenvalue weighted by Gasteiger charge is 2.16. The number of hydrogen-bond acceptors (Lipinski definition) is 1. The van der Waals surface area contributed by atoms with Crippen molar-refractivity contribution in [3.8, 4) is 0 Å². The van der Waals surface area contributed by atoms with Gasteiger partial charge in [-0.1, -0.05) is 24.1 Å². The number of nitrogens with one attached hydrogen (secondary N) is 1. The Morgan fingerprint density at radius 2 is 2.00 bits per heavy atom. The van der Waals surface area contributed by atoms with Crippen LogP contribution in [0.25, 0.3) is 0 Å². The van der Waals surface area contributed by atoms with E-state index in [0.29, 0.717) is 0 Å². The maximum Gasteiger partial charge on any atom is 0.123 e. The van der Waals surface area contributed by atoms with Crippen LogP contribution >= 0.6 is 0 Å². The average Bonchev–Trinajstić information content (AvgIpc) is 2.58. The van der Waals surface area contributed by atoms with Crippen molar-refractivity contribution >= 4 is 0 Å². The van der Waals surface area contributed by atoms with Crippen LogP contribution in [0.4, 0.5) is 4.39 Å². The van der Waals surface area contributed by atoms with Gasteiger partial charge in [-0.05, 0) is 62.9 Å². The zero-order valence-corrected chi connectivity index (χ0v) is 11.3. The van der Waals surface area contributed by atoms with Crippen LogP contribution in [0.1, 0.15) is 49.3 Å². The van der Waals surface area contributed by atoms with Crippen molar-refractivity contribution in [3.63, 3.8) is 0 Å². The van der Waals surface area contributed by atoms with Crippen LogP contribution in [-0.4, -0.2) is 7.05 Å². The molecule has 2 heteroatoms. The van der Waals surface area contributed by atoms with E-state index in [2.05, 4.69) is 17.5 Å². The lowest BCUT2D eigenvalue weighted by molar-refractivity contribution is 0.602. The number of halogens is 1. The number of hydrogen-bond donors (Lipinski definition) is 1. The Balaban J connectivity index is 2.29. The van der Waals surface area contributed by atoms with Crippen molar-refractivity contribution < 1.29 is 4.39 Å². The maximum atomic E-state index is 13.5. The predicted molar refractivity (Wildman–Crippen MR) is 74.1 cm³/mol. The highest BCUT2D eigenvalue weighted by Crippen LogP contribution is 2.29. The van der Waals surface area contributed by atoms with Crippen molar-refractivity contribution in [1.29, 1.82) is 0 Å². The van der Waals surface area contributed by atoms with Crippen LogP contribution in [-0.2, 0) is 0 Å². The van der Waals surface area contributed by atoms with Crippen LogP contribution < -0.4 is 5.32 Å². The first-order chi connectivity index (χ1) is 8.70. The number of aryl methyl sites for hydroxylation is 1. The van der Waals surface area contributed by atoms with E-state index in [1.807, 2.05) is 14.0 Å². The maximum absolute atomic E-state index is 13.5. The molecule has 98 valence electrons. The van der Waals surface area contributed by atoms with Gasteiger partial charge in [0.05, 0.1) is 6.04 Å². The van der Waals surface area contributed by atoms with E-state index in [4.69, 9.17) is 0 Å². The summed E-state index contributed by atoms with van der Waals surface area (Å²) < 4.78 is 13.5. The lowest BCUT2D eigenvalue weighted by Crippen LogP contribution is -2.19. The van der Waals surface area contributed by atoms with Gasteiger partial charge in [-0.3, -0.25) is 0 Å². The first-order valence-electron chi connectivity index (χ1n) is 6.84. The second-order valence-corrected chi connectivity index (χ2v) is 5.16. The smallest absolute Gasteiger partial charge is 0.123 e. The Kier molecular flexibility index (Phi) is 4.54. The van der Waals surface area contributed by atoms with E-state index in [9.17, 15) is 4.39 Å². The van der Waals surface area contributed by atoms with E-state index in [1.165, 1.54) is 24.8 Å². The summed E-state index contributed by atoms with van der Waals surface area (Å²) in [7, 11) is 1.95. The minimum atomic E-state index is -0.139. The van der Waals surface area contributed by atoms with Gasteiger partial charge >= 0.3 is 0 Å². The minimum Gasteiger partial charge on any atom is -0.310 e. The van der Waals surface area contributed by atoms with Crippen molar-refractivity contribution in [2.45, 2.75) is 45.1 Å². The second-order valence-electron chi connectivity index (χ2n) is 5.16. The fraction of sp³-hybridized carbons (Fsp3) is 0.500. The van der Waals surface area contributed by atoms with Crippen molar-refractivity contribution in [2.24, 2.45) is 0 Å². The number of allylic oxidation sites excluding steroid dienone is 1. The number of rotatable bonds is 3. The van der Waals surface area contributed by atoms with Gasteiger partial charge in [0.15, 0.2) is 0 Å². The predicted octanol–water partition coefficient (Wildman–Crippen LogP) is 4.29. The summed E-state index contributed by atoms with van der Waals surface area (Å²) in [5.41, 5.74) is 3.45. The van der Waals surface area contributed by atoms with Crippen LogP contribution in [0.15, 0.2) is 29.8 Å². The first kappa shape index (κ1) is 13.3. The Bertz CT molecular complexity index is 416. The molecule has 0 radical (unpaired) electrons. The summed E-state index contributed by atoms with van der Waals surface area (Å²) in [6.45, 7) is 1.95. The molecule has 0 saturated heterocycles. The zero-order valence-electron chi connectivity index (χ0n) is 11.3. The Morgan fingerprint density at radius 3 is 2.72 bits per heavy atom. The third kappa shape index (κ3) is 3.20. The molecule has 0 aliphatic heterocycles. The Labute approximate surface area is 109 Å². The van der Waals surface area contributed by atoms with Gasteiger partial charge in [-0.2, -0.15) is 0 Å². The van der Waals surface area contributed by atoms with Gasteiger partial charge in [0.25, 0.3) is 0 Å². The summed E-state index contributed by atoms with van der Waals surface area (Å²) in [4.78, 5) is 0. The molecule has 0 spiro atoms. The largest absolute Gasteiger partial charge is 0.310 e. The summed E-state index contributed by atoms with van der Waals surface area (Å²) in [5, 5.41) is 3.34. The molecular formula is C16H22FN. The summed E-state index contributed by atoms with van der Waals surface area (Å²) in [6, 6.07) is 5.48. The fourth-order valence-electron chi connectivity index (χ4n) is 2.80. The molecule has 1 N–H and O–H groups in total. The molecule has 1 atom stereocenters. The molecule has 0 saturated carbocycles. The lowest BCUT2D eigenvalue weighted by Gasteiger charge is -2.20. The highest BCUT2D eigenvalue weighted by molar-refractivity contribution is 5.32. The van der Waals surface area contributed by atoms with Crippen LogP contribution in [0.5, 0.6) is 0 Å². The van der Waals surface area contributed by atoms with E-state index in [0.717, 1.165) is 24.0 Å². The quantitative estimate of drug-likeness (QED) is 0.786. The summed E-state index contributed by atoms with van der Waals surface area (Å²) in [5.74, 6) is -0.139. The lowest BCUT2D eigenvalue weighted by atomic mass is 9.94. The molecule has 1 aromatic rings. The number of likely N-dealkylation sites (N-methyl/N-ethyl adjacent to an activating group) is 1. The Hall–Kier alpha value is -1.15. The summed E-state index contributed by atoms with van der Waals surface area (Å²) >= 11 is 0. The monoisotopic (exact) mass is 247 g/mol. The van der Waals surface area contributed by atoms with E-state index >= 15 is 0 Å². The molecule has 1 aliphatic rings. The molecule has 1 nitrogen and oxygen atoms in total. The minimum absolute atomic E-state index is 0.139. The van der Waals surface area contributed by atoms with Gasteiger partial charge in [0, 0.05) is 0 Å². The molecule has 0 aromatic heterocycles. The molecule has 0 fully saturated rings. The molecule has 0 bridgehead atoms. The summed E-state index contributed by atoms with van der Waals surface area (Å²) in [6.07, 6.45) is 8.45. The van der Waals surface area contributed by atoms with Gasteiger partial charge in [0.2, 0.25) is 0 Å². The van der Waals surface area contributed by atoms with Crippen LogP contribution in [0.2, 0.25) is 0 Å². The van der Waals surface area contributed by atoms with Gasteiger partial charge in [-0.25, -0.2) is 4.39 Å². The van der Waals surface area contributed by atoms with E-state index < -0.39 is 0 Å². The average molecular weight is 247 g/mol. The number of benzene rings is 1. The first-order valence-corrected chi connectivity index (χ1v) is 6.84. The van der Waals surface area contributed by atoms with E-state index in [-0.39, 0.29) is 11.9 Å². The van der Waals surface area contributed by atoms with Crippen LogP contribution in [0, 0.1) is 12.7 Å². The third-order valence-corrected chi connectivity index (χ3v) is 3.63. The molecular weight excluding hydrogens is 225 g/mol. The molecule has 18 heavy (non-hydrogen) atoms. The normalized spacial score (nSPS) is 18.1. The van der Waals surface area contributed by atoms with Gasteiger partial charge in [0.1, 0.15) is 5.82 Å². The molecule has 0 amide bonds. The SMILES string of the molecule is CNC(C1=CCCCCC1)c1cc(C)cc(F)c1. The second kappa shape index (κ2) is 6.14. The molecule has 1 aromatic carbocycles. The molecule has 0 heterocycles. The Morgan fingerprint density at radius 1 is 1.17 bits per heavy atom.